The van der Waals surface area contributed by atoms with Gasteiger partial charge in [0.25, 0.3) is 0 Å². The quantitative estimate of drug-likeness (QED) is 0.769. The predicted octanol–water partition coefficient (Wildman–Crippen LogP) is 1.46. The minimum atomic E-state index is -0.629. The van der Waals surface area contributed by atoms with Crippen molar-refractivity contribution in [2.45, 2.75) is 18.5 Å². The van der Waals surface area contributed by atoms with Crippen LogP contribution in [0.1, 0.15) is 22.7 Å². The zero-order chi connectivity index (χ0) is 22.4. The molecule has 0 bridgehead atoms. The summed E-state index contributed by atoms with van der Waals surface area (Å²) in [5.74, 6) is 2.33. The molecule has 9 nitrogen and oxygen atoms in total. The molecule has 0 unspecified atom stereocenters. The van der Waals surface area contributed by atoms with E-state index in [1.807, 2.05) is 24.3 Å². The second kappa shape index (κ2) is 7.81. The second-order valence-electron chi connectivity index (χ2n) is 7.79. The van der Waals surface area contributed by atoms with Gasteiger partial charge >= 0.3 is 0 Å². The van der Waals surface area contributed by atoms with Gasteiger partial charge in [-0.3, -0.25) is 9.59 Å². The van der Waals surface area contributed by atoms with Gasteiger partial charge in [0.15, 0.2) is 23.0 Å². The maximum absolute atomic E-state index is 13.1. The molecule has 0 aromatic heterocycles. The molecule has 0 aliphatic carbocycles. The number of methoxy groups -OCH3 is 3. The second-order valence-corrected chi connectivity index (χ2v) is 7.79. The molecule has 32 heavy (non-hydrogen) atoms. The van der Waals surface area contributed by atoms with Crippen molar-refractivity contribution in [1.82, 2.24) is 10.2 Å². The minimum Gasteiger partial charge on any atom is -0.493 e. The van der Waals surface area contributed by atoms with E-state index in [-0.39, 0.29) is 18.4 Å². The first-order valence-electron chi connectivity index (χ1n) is 10.4. The predicted molar refractivity (Wildman–Crippen MR) is 113 cm³/mol. The van der Waals surface area contributed by atoms with Crippen molar-refractivity contribution in [1.29, 1.82) is 0 Å². The van der Waals surface area contributed by atoms with Crippen LogP contribution in [0.3, 0.4) is 0 Å². The first-order valence-corrected chi connectivity index (χ1v) is 10.4. The number of nitrogens with zero attached hydrogens (tertiary/aromatic N) is 1. The molecule has 2 atom stereocenters. The van der Waals surface area contributed by atoms with E-state index in [0.29, 0.717) is 48.4 Å². The molecule has 0 saturated carbocycles. The first kappa shape index (κ1) is 20.3. The summed E-state index contributed by atoms with van der Waals surface area (Å²) in [4.78, 5) is 27.5. The Morgan fingerprint density at radius 2 is 1.59 bits per heavy atom. The van der Waals surface area contributed by atoms with Crippen LogP contribution in [0.2, 0.25) is 0 Å². The van der Waals surface area contributed by atoms with E-state index in [1.165, 1.54) is 7.11 Å². The topological polar surface area (TPSA) is 95.6 Å². The van der Waals surface area contributed by atoms with E-state index >= 15 is 0 Å². The van der Waals surface area contributed by atoms with Crippen molar-refractivity contribution in [2.24, 2.45) is 0 Å². The van der Waals surface area contributed by atoms with E-state index in [0.717, 1.165) is 16.7 Å². The summed E-state index contributed by atoms with van der Waals surface area (Å²) in [6.45, 7) is 0.876. The smallest absolute Gasteiger partial charge is 0.243 e. The lowest BCUT2D eigenvalue weighted by Gasteiger charge is -2.45. The van der Waals surface area contributed by atoms with Crippen LogP contribution in [0.5, 0.6) is 28.7 Å². The first-order chi connectivity index (χ1) is 15.5. The zero-order valence-electron chi connectivity index (χ0n) is 18.1. The van der Waals surface area contributed by atoms with Crippen LogP contribution < -0.4 is 29.0 Å². The van der Waals surface area contributed by atoms with Gasteiger partial charge in [0, 0.05) is 6.42 Å². The van der Waals surface area contributed by atoms with E-state index in [2.05, 4.69) is 5.32 Å². The highest BCUT2D eigenvalue weighted by atomic mass is 16.6. The number of hydrogen-bond donors (Lipinski definition) is 1. The SMILES string of the molecule is COc1cc([C@@H]2c3cc4c(cc3C[C@H]3C(=O)NCC(=O)N23)OCCO4)cc(OC)c1OC. The molecule has 0 radical (unpaired) electrons. The Kier molecular flexibility index (Phi) is 4.96. The molecule has 2 aromatic carbocycles. The third kappa shape index (κ3) is 3.07. The molecule has 9 heteroatoms. The molecule has 1 N–H and O–H groups in total. The maximum atomic E-state index is 13.1. The number of nitrogens with one attached hydrogen (secondary N) is 1. The van der Waals surface area contributed by atoms with Gasteiger partial charge in [0.1, 0.15) is 19.3 Å². The molecule has 3 aliphatic heterocycles. The summed E-state index contributed by atoms with van der Waals surface area (Å²) >= 11 is 0. The monoisotopic (exact) mass is 440 g/mol. The molecule has 1 saturated heterocycles. The van der Waals surface area contributed by atoms with Crippen LogP contribution in [0.4, 0.5) is 0 Å². The van der Waals surface area contributed by atoms with Gasteiger partial charge < -0.3 is 33.9 Å². The fourth-order valence-corrected chi connectivity index (χ4v) is 4.72. The maximum Gasteiger partial charge on any atom is 0.243 e. The van der Waals surface area contributed by atoms with Crippen molar-refractivity contribution in [3.05, 3.63) is 41.0 Å². The number of carbonyl (C=O) groups is 2. The van der Waals surface area contributed by atoms with Crippen molar-refractivity contribution in [3.8, 4) is 28.7 Å². The third-order valence-electron chi connectivity index (χ3n) is 6.13. The van der Waals surface area contributed by atoms with Crippen molar-refractivity contribution in [3.63, 3.8) is 0 Å². The standard InChI is InChI=1S/C23H24N2O7/c1-28-18-8-13(9-19(29-2)22(18)30-3)21-14-10-17-16(31-4-5-32-17)7-12(14)6-15-23(27)24-11-20(26)25(15)21/h7-10,15,21H,4-6,11H2,1-3H3,(H,24,27)/t15-,21+/m0/s1. The summed E-state index contributed by atoms with van der Waals surface area (Å²) in [6.07, 6.45) is 0.393. The number of piperazine rings is 1. The highest BCUT2D eigenvalue weighted by molar-refractivity contribution is 5.96. The fourth-order valence-electron chi connectivity index (χ4n) is 4.72. The largest absolute Gasteiger partial charge is 0.493 e. The van der Waals surface area contributed by atoms with Crippen LogP contribution in [-0.4, -0.2) is 63.8 Å². The number of amides is 2. The number of fused-ring (bicyclic) bond motifs is 3. The zero-order valence-corrected chi connectivity index (χ0v) is 18.1. The van der Waals surface area contributed by atoms with Crippen LogP contribution in [0, 0.1) is 0 Å². The molecule has 3 aliphatic rings. The lowest BCUT2D eigenvalue weighted by Crippen LogP contribution is -2.61. The minimum absolute atomic E-state index is 0.0455. The summed E-state index contributed by atoms with van der Waals surface area (Å²) in [5, 5.41) is 2.70. The molecule has 2 aromatic rings. The van der Waals surface area contributed by atoms with Crippen molar-refractivity contribution < 1.29 is 33.3 Å². The Labute approximate surface area is 185 Å². The Morgan fingerprint density at radius 3 is 2.22 bits per heavy atom. The summed E-state index contributed by atoms with van der Waals surface area (Å²) in [5.41, 5.74) is 2.55. The number of ether oxygens (including phenoxy) is 5. The number of hydrogen-bond acceptors (Lipinski definition) is 7. The molecule has 3 heterocycles. The number of rotatable bonds is 4. The Balaban J connectivity index is 1.74. The van der Waals surface area contributed by atoms with Gasteiger partial charge in [-0.15, -0.1) is 0 Å². The third-order valence-corrected chi connectivity index (χ3v) is 6.13. The van der Waals surface area contributed by atoms with Crippen LogP contribution in [0.15, 0.2) is 24.3 Å². The lowest BCUT2D eigenvalue weighted by molar-refractivity contribution is -0.148. The van der Waals surface area contributed by atoms with Crippen molar-refractivity contribution in [2.75, 3.05) is 41.1 Å². The number of benzene rings is 2. The average molecular weight is 440 g/mol. The van der Waals surface area contributed by atoms with E-state index in [9.17, 15) is 9.59 Å². The van der Waals surface area contributed by atoms with Gasteiger partial charge in [-0.2, -0.15) is 0 Å². The average Bonchev–Trinajstić information content (AvgIpc) is 2.82. The summed E-state index contributed by atoms with van der Waals surface area (Å²) in [6, 6.07) is 6.29. The van der Waals surface area contributed by atoms with Gasteiger partial charge in [0.05, 0.1) is 33.9 Å². The highest BCUT2D eigenvalue weighted by Gasteiger charge is 2.45. The Bertz CT molecular complexity index is 1070. The molecule has 1 fully saturated rings. The van der Waals surface area contributed by atoms with Gasteiger partial charge in [-0.1, -0.05) is 0 Å². The summed E-state index contributed by atoms with van der Waals surface area (Å²) in [7, 11) is 4.62. The molecule has 5 rings (SSSR count). The summed E-state index contributed by atoms with van der Waals surface area (Å²) < 4.78 is 28.1. The molecular formula is C23H24N2O7. The fraction of sp³-hybridized carbons (Fsp3) is 0.391. The van der Waals surface area contributed by atoms with E-state index in [1.54, 1.807) is 19.1 Å². The van der Waals surface area contributed by atoms with Gasteiger partial charge in [-0.05, 0) is 41.0 Å². The Morgan fingerprint density at radius 1 is 0.938 bits per heavy atom. The van der Waals surface area contributed by atoms with Crippen LogP contribution in [-0.2, 0) is 16.0 Å². The van der Waals surface area contributed by atoms with E-state index < -0.39 is 12.1 Å². The Hall–Kier alpha value is -3.62. The van der Waals surface area contributed by atoms with Gasteiger partial charge in [-0.25, -0.2) is 0 Å². The molecule has 2 amide bonds. The van der Waals surface area contributed by atoms with E-state index in [4.69, 9.17) is 23.7 Å². The normalized spacial score (nSPS) is 21.3. The lowest BCUT2D eigenvalue weighted by atomic mass is 9.83. The van der Waals surface area contributed by atoms with Crippen LogP contribution in [0.25, 0.3) is 0 Å². The number of carbonyl (C=O) groups excluding carboxylic acids is 2. The molecular weight excluding hydrogens is 416 g/mol. The van der Waals surface area contributed by atoms with Crippen molar-refractivity contribution >= 4 is 11.8 Å². The highest BCUT2D eigenvalue weighted by Crippen LogP contribution is 2.47. The molecule has 168 valence electrons. The van der Waals surface area contributed by atoms with Crippen LogP contribution >= 0.6 is 0 Å². The molecule has 0 spiro atoms. The van der Waals surface area contributed by atoms with Gasteiger partial charge in [0.2, 0.25) is 17.6 Å².